The number of benzene rings is 3. The summed E-state index contributed by atoms with van der Waals surface area (Å²) in [6.45, 7) is 0. The molecule has 0 saturated carbocycles. The van der Waals surface area contributed by atoms with E-state index < -0.39 is 10.0 Å². The van der Waals surface area contributed by atoms with E-state index in [1.807, 2.05) is 30.3 Å². The highest BCUT2D eigenvalue weighted by atomic mass is 35.5. The van der Waals surface area contributed by atoms with Gasteiger partial charge in [0, 0.05) is 5.69 Å². The highest BCUT2D eigenvalue weighted by Gasteiger charge is 2.21. The van der Waals surface area contributed by atoms with Crippen LogP contribution in [0.2, 0.25) is 10.0 Å². The fourth-order valence-corrected chi connectivity index (χ4v) is 4.39. The number of nitrogens with one attached hydrogen (secondary N) is 1. The molecule has 0 radical (unpaired) electrons. The Morgan fingerprint density at radius 2 is 1.41 bits per heavy atom. The minimum Gasteiger partial charge on any atom is -0.280 e. The van der Waals surface area contributed by atoms with Crippen LogP contribution in [0, 0.1) is 0 Å². The third-order valence-electron chi connectivity index (χ3n) is 3.19. The lowest BCUT2D eigenvalue weighted by molar-refractivity contribution is 0.601. The van der Waals surface area contributed by atoms with Gasteiger partial charge < -0.3 is 0 Å². The van der Waals surface area contributed by atoms with E-state index in [4.69, 9.17) is 23.2 Å². The number of fused-ring (bicyclic) bond motifs is 1. The van der Waals surface area contributed by atoms with Crippen molar-refractivity contribution in [1.82, 2.24) is 0 Å². The number of rotatable bonds is 3. The van der Waals surface area contributed by atoms with Crippen molar-refractivity contribution in [3.8, 4) is 0 Å². The first-order valence-electron chi connectivity index (χ1n) is 6.43. The molecule has 0 unspecified atom stereocenters. The SMILES string of the molecule is O=S(=O)(Nc1ccc2ccccc2c1)c1c(Cl)cccc1Cl. The molecule has 3 nitrogen and oxygen atoms in total. The number of anilines is 1. The quantitative estimate of drug-likeness (QED) is 0.725. The molecular weight excluding hydrogens is 341 g/mol. The molecule has 0 aliphatic heterocycles. The van der Waals surface area contributed by atoms with Gasteiger partial charge in [-0.2, -0.15) is 0 Å². The first kappa shape index (κ1) is 15.2. The number of sulfonamides is 1. The maximum absolute atomic E-state index is 12.5. The van der Waals surface area contributed by atoms with Crippen LogP contribution in [-0.4, -0.2) is 8.42 Å². The van der Waals surface area contributed by atoms with Crippen LogP contribution in [0.3, 0.4) is 0 Å². The van der Waals surface area contributed by atoms with Gasteiger partial charge in [0.1, 0.15) is 4.90 Å². The Balaban J connectivity index is 2.03. The fraction of sp³-hybridized carbons (Fsp3) is 0. The third kappa shape index (κ3) is 2.90. The van der Waals surface area contributed by atoms with Gasteiger partial charge in [-0.05, 0) is 35.0 Å². The van der Waals surface area contributed by atoms with Crippen LogP contribution in [0.4, 0.5) is 5.69 Å². The first-order chi connectivity index (χ1) is 10.5. The van der Waals surface area contributed by atoms with Crippen LogP contribution in [0.1, 0.15) is 0 Å². The predicted octanol–water partition coefficient (Wildman–Crippen LogP) is 4.95. The zero-order valence-electron chi connectivity index (χ0n) is 11.3. The zero-order chi connectivity index (χ0) is 15.7. The molecule has 22 heavy (non-hydrogen) atoms. The second-order valence-electron chi connectivity index (χ2n) is 4.72. The van der Waals surface area contributed by atoms with E-state index in [1.54, 1.807) is 18.2 Å². The van der Waals surface area contributed by atoms with Gasteiger partial charge in [0.2, 0.25) is 0 Å². The molecule has 0 heterocycles. The lowest BCUT2D eigenvalue weighted by Crippen LogP contribution is -2.14. The molecule has 1 N–H and O–H groups in total. The average molecular weight is 352 g/mol. The van der Waals surface area contributed by atoms with Crippen molar-refractivity contribution in [2.45, 2.75) is 4.90 Å². The summed E-state index contributed by atoms with van der Waals surface area (Å²) in [5.41, 5.74) is 0.453. The summed E-state index contributed by atoms with van der Waals surface area (Å²) >= 11 is 11.9. The Labute approximate surface area is 138 Å². The van der Waals surface area contributed by atoms with Crippen molar-refractivity contribution in [1.29, 1.82) is 0 Å². The summed E-state index contributed by atoms with van der Waals surface area (Å²) in [6, 6.07) is 17.6. The molecule has 0 spiro atoms. The van der Waals surface area contributed by atoms with Crippen molar-refractivity contribution < 1.29 is 8.42 Å². The first-order valence-corrected chi connectivity index (χ1v) is 8.67. The lowest BCUT2D eigenvalue weighted by atomic mass is 10.1. The van der Waals surface area contributed by atoms with E-state index in [-0.39, 0.29) is 14.9 Å². The van der Waals surface area contributed by atoms with Gasteiger partial charge in [-0.3, -0.25) is 4.72 Å². The second-order valence-corrected chi connectivity index (χ2v) is 7.15. The van der Waals surface area contributed by atoms with Crippen molar-refractivity contribution in [2.24, 2.45) is 0 Å². The number of hydrogen-bond donors (Lipinski definition) is 1. The van der Waals surface area contributed by atoms with Gasteiger partial charge in [-0.15, -0.1) is 0 Å². The normalized spacial score (nSPS) is 11.5. The minimum atomic E-state index is -3.86. The standard InChI is InChI=1S/C16H11Cl2NO2S/c17-14-6-3-7-15(18)16(14)22(20,21)19-13-9-8-11-4-1-2-5-12(11)10-13/h1-10,19H. The van der Waals surface area contributed by atoms with Crippen molar-refractivity contribution in [2.75, 3.05) is 4.72 Å². The van der Waals surface area contributed by atoms with Crippen molar-refractivity contribution in [3.05, 3.63) is 70.7 Å². The molecule has 0 saturated heterocycles. The Morgan fingerprint density at radius 1 is 0.773 bits per heavy atom. The van der Waals surface area contributed by atoms with E-state index >= 15 is 0 Å². The predicted molar refractivity (Wildman–Crippen MR) is 91.2 cm³/mol. The van der Waals surface area contributed by atoms with Crippen molar-refractivity contribution >= 4 is 49.7 Å². The molecule has 0 amide bonds. The van der Waals surface area contributed by atoms with Crippen LogP contribution in [0.15, 0.2) is 65.6 Å². The largest absolute Gasteiger partial charge is 0.280 e. The molecule has 0 bridgehead atoms. The van der Waals surface area contributed by atoms with Crippen molar-refractivity contribution in [3.63, 3.8) is 0 Å². The highest BCUT2D eigenvalue weighted by Crippen LogP contribution is 2.31. The lowest BCUT2D eigenvalue weighted by Gasteiger charge is -2.11. The fourth-order valence-electron chi connectivity index (χ4n) is 2.20. The Bertz CT molecular complexity index is 935. The van der Waals surface area contributed by atoms with Gasteiger partial charge in [-0.1, -0.05) is 59.6 Å². The smallest absolute Gasteiger partial charge is 0.264 e. The number of hydrogen-bond acceptors (Lipinski definition) is 2. The van der Waals surface area contributed by atoms with Gasteiger partial charge >= 0.3 is 0 Å². The number of halogens is 2. The molecule has 3 aromatic rings. The summed E-state index contributed by atoms with van der Waals surface area (Å²) in [7, 11) is -3.86. The summed E-state index contributed by atoms with van der Waals surface area (Å²) in [6.07, 6.45) is 0. The molecule has 0 aromatic heterocycles. The average Bonchev–Trinajstić information content (AvgIpc) is 2.46. The van der Waals surface area contributed by atoms with Gasteiger partial charge in [0.15, 0.2) is 0 Å². The summed E-state index contributed by atoms with van der Waals surface area (Å²) in [5.74, 6) is 0. The van der Waals surface area contributed by atoms with E-state index in [0.29, 0.717) is 5.69 Å². The Hall–Kier alpha value is -1.75. The molecule has 0 aliphatic rings. The maximum Gasteiger partial charge on any atom is 0.264 e. The van der Waals surface area contributed by atoms with E-state index in [1.165, 1.54) is 12.1 Å². The summed E-state index contributed by atoms with van der Waals surface area (Å²) < 4.78 is 27.5. The van der Waals surface area contributed by atoms with E-state index in [9.17, 15) is 8.42 Å². The molecule has 112 valence electrons. The monoisotopic (exact) mass is 351 g/mol. The Morgan fingerprint density at radius 3 is 2.09 bits per heavy atom. The van der Waals surface area contributed by atoms with Crippen LogP contribution in [0.5, 0.6) is 0 Å². The highest BCUT2D eigenvalue weighted by molar-refractivity contribution is 7.93. The minimum absolute atomic E-state index is 0.0841. The molecular formula is C16H11Cl2NO2S. The van der Waals surface area contributed by atoms with Gasteiger partial charge in [0.05, 0.1) is 10.0 Å². The van der Waals surface area contributed by atoms with Crippen LogP contribution < -0.4 is 4.72 Å². The molecule has 0 fully saturated rings. The van der Waals surface area contributed by atoms with Gasteiger partial charge in [0.25, 0.3) is 10.0 Å². The van der Waals surface area contributed by atoms with E-state index in [2.05, 4.69) is 4.72 Å². The second kappa shape index (κ2) is 5.80. The molecule has 3 rings (SSSR count). The van der Waals surface area contributed by atoms with Crippen LogP contribution in [-0.2, 0) is 10.0 Å². The molecule has 0 atom stereocenters. The molecule has 3 aromatic carbocycles. The topological polar surface area (TPSA) is 46.2 Å². The van der Waals surface area contributed by atoms with Crippen LogP contribution in [0.25, 0.3) is 10.8 Å². The van der Waals surface area contributed by atoms with Crippen LogP contribution >= 0.6 is 23.2 Å². The van der Waals surface area contributed by atoms with E-state index in [0.717, 1.165) is 10.8 Å². The third-order valence-corrected chi connectivity index (χ3v) is 5.53. The molecule has 6 heteroatoms. The maximum atomic E-state index is 12.5. The zero-order valence-corrected chi connectivity index (χ0v) is 13.6. The van der Waals surface area contributed by atoms with Gasteiger partial charge in [-0.25, -0.2) is 8.42 Å². The Kier molecular flexibility index (Phi) is 4.00. The molecule has 0 aliphatic carbocycles. The summed E-state index contributed by atoms with van der Waals surface area (Å²) in [5, 5.41) is 2.13. The summed E-state index contributed by atoms with van der Waals surface area (Å²) in [4.78, 5) is -0.119.